The maximum atomic E-state index is 13.2. The summed E-state index contributed by atoms with van der Waals surface area (Å²) in [5, 5.41) is 3.43. The van der Waals surface area contributed by atoms with Gasteiger partial charge in [0, 0.05) is 10.6 Å². The second-order valence-electron chi connectivity index (χ2n) is 2.51. The van der Waals surface area contributed by atoms with E-state index in [1.165, 1.54) is 17.7 Å². The molecule has 0 aliphatic carbocycles. The van der Waals surface area contributed by atoms with Crippen molar-refractivity contribution in [3.8, 4) is 0 Å². The lowest BCUT2D eigenvalue weighted by atomic mass is 10.3. The molecule has 0 aromatic heterocycles. The van der Waals surface area contributed by atoms with E-state index >= 15 is 0 Å². The molecule has 0 atom stereocenters. The Morgan fingerprint density at radius 1 is 1.50 bits per heavy atom. The summed E-state index contributed by atoms with van der Waals surface area (Å²) in [7, 11) is 0. The Kier molecular flexibility index (Phi) is 4.52. The number of halogens is 4. The molecule has 5 heteroatoms. The molecule has 0 spiro atoms. The smallest absolute Gasteiger partial charge is 0.147 e. The van der Waals surface area contributed by atoms with E-state index < -0.39 is 5.82 Å². The third kappa shape index (κ3) is 3.05. The van der Waals surface area contributed by atoms with Crippen LogP contribution in [0.3, 0.4) is 0 Å². The summed E-state index contributed by atoms with van der Waals surface area (Å²) in [6.45, 7) is 0.242. The van der Waals surface area contributed by atoms with Gasteiger partial charge in [0.25, 0.3) is 0 Å². The molecular weight excluding hydrogens is 247 g/mol. The molecule has 1 nitrogen and oxygen atoms in total. The first kappa shape index (κ1) is 11.6. The quantitative estimate of drug-likeness (QED) is 0.852. The molecule has 0 saturated heterocycles. The van der Waals surface area contributed by atoms with E-state index in [1.54, 1.807) is 6.07 Å². The van der Waals surface area contributed by atoms with Crippen LogP contribution in [0.1, 0.15) is 0 Å². The topological polar surface area (TPSA) is 12.0 Å². The largest absolute Gasteiger partial charge is 0.376 e. The van der Waals surface area contributed by atoms with Crippen LogP contribution in [0.5, 0.6) is 0 Å². The molecule has 0 amide bonds. The van der Waals surface area contributed by atoms with Gasteiger partial charge < -0.3 is 5.32 Å². The van der Waals surface area contributed by atoms with Crippen LogP contribution < -0.4 is 5.32 Å². The van der Waals surface area contributed by atoms with Crippen molar-refractivity contribution < 1.29 is 4.39 Å². The zero-order valence-corrected chi connectivity index (χ0v) is 9.30. The van der Waals surface area contributed by atoms with Crippen molar-refractivity contribution >= 4 is 40.5 Å². The zero-order valence-electron chi connectivity index (χ0n) is 7.03. The van der Waals surface area contributed by atoms with Crippen LogP contribution in [0.25, 0.3) is 0 Å². The third-order valence-corrected chi connectivity index (χ3v) is 2.45. The molecule has 0 fully saturated rings. The summed E-state index contributed by atoms with van der Waals surface area (Å²) < 4.78 is 13.2. The second kappa shape index (κ2) is 5.44. The summed E-state index contributed by atoms with van der Waals surface area (Å²) in [5.41, 5.74) is 1.44. The number of para-hydroxylation sites is 1. The lowest BCUT2D eigenvalue weighted by molar-refractivity contribution is 0.631. The number of hydrogen-bond acceptors (Lipinski definition) is 1. The molecule has 14 heavy (non-hydrogen) atoms. The van der Waals surface area contributed by atoms with Gasteiger partial charge in [-0.3, -0.25) is 0 Å². The molecule has 1 rings (SSSR count). The van der Waals surface area contributed by atoms with Crippen LogP contribution in [-0.4, -0.2) is 6.54 Å². The lowest BCUT2D eigenvalue weighted by Crippen LogP contribution is -2.03. The Hall–Kier alpha value is -0.440. The van der Waals surface area contributed by atoms with Crippen LogP contribution in [-0.2, 0) is 0 Å². The average Bonchev–Trinajstić information content (AvgIpc) is 2.16. The van der Waals surface area contributed by atoms with Crippen LogP contribution in [0.2, 0.25) is 5.02 Å². The number of nitrogens with one attached hydrogen (secondary N) is 1. The summed E-state index contributed by atoms with van der Waals surface area (Å²) in [6, 6.07) is 4.43. The van der Waals surface area contributed by atoms with Crippen LogP contribution in [0.4, 0.5) is 10.1 Å². The highest BCUT2D eigenvalue weighted by Crippen LogP contribution is 2.24. The van der Waals surface area contributed by atoms with Gasteiger partial charge in [-0.05, 0) is 12.1 Å². The van der Waals surface area contributed by atoms with Crippen molar-refractivity contribution in [3.63, 3.8) is 0 Å². The average molecular weight is 255 g/mol. The van der Waals surface area contributed by atoms with Gasteiger partial charge in [0.05, 0.1) is 17.3 Å². The summed E-state index contributed by atoms with van der Waals surface area (Å²) in [6.07, 6.45) is 0. The predicted octanol–water partition coefficient (Wildman–Crippen LogP) is 4.21. The highest BCUT2D eigenvalue weighted by Gasteiger charge is 2.05. The molecule has 1 aromatic rings. The van der Waals surface area contributed by atoms with Gasteiger partial charge in [-0.1, -0.05) is 40.9 Å². The molecule has 0 radical (unpaired) electrons. The minimum Gasteiger partial charge on any atom is -0.376 e. The molecular formula is C9H7Cl3FN. The van der Waals surface area contributed by atoms with E-state index in [9.17, 15) is 4.39 Å². The number of hydrogen-bond donors (Lipinski definition) is 1. The van der Waals surface area contributed by atoms with Crippen molar-refractivity contribution in [1.82, 2.24) is 0 Å². The molecule has 76 valence electrons. The normalized spacial score (nSPS) is 11.6. The maximum absolute atomic E-state index is 13.2. The van der Waals surface area contributed by atoms with Crippen molar-refractivity contribution in [2.75, 3.05) is 11.9 Å². The Balaban J connectivity index is 2.76. The Bertz CT molecular complexity index is 332. The first-order valence-corrected chi connectivity index (χ1v) is 4.97. The molecule has 1 N–H and O–H groups in total. The van der Waals surface area contributed by atoms with E-state index in [0.717, 1.165) is 0 Å². The van der Waals surface area contributed by atoms with Crippen molar-refractivity contribution in [1.29, 1.82) is 0 Å². The highest BCUT2D eigenvalue weighted by molar-refractivity contribution is 6.37. The predicted molar refractivity (Wildman–Crippen MR) is 59.7 cm³/mol. The van der Waals surface area contributed by atoms with E-state index in [1.807, 2.05) is 0 Å². The second-order valence-corrected chi connectivity index (χ2v) is 3.62. The number of rotatable bonds is 3. The van der Waals surface area contributed by atoms with Crippen LogP contribution >= 0.6 is 34.8 Å². The van der Waals surface area contributed by atoms with Crippen molar-refractivity contribution in [2.24, 2.45) is 0 Å². The van der Waals surface area contributed by atoms with E-state index in [-0.39, 0.29) is 12.2 Å². The van der Waals surface area contributed by atoms with Gasteiger partial charge in [-0.15, -0.1) is 0 Å². The lowest BCUT2D eigenvalue weighted by Gasteiger charge is -2.07. The minimum absolute atomic E-state index is 0.228. The number of anilines is 1. The molecule has 0 aliphatic heterocycles. The standard InChI is InChI=1S/C9H7Cl3FN/c10-4-6(11)5-14-9-7(12)2-1-3-8(9)13/h1-4,14H,5H2/b6-4-. The maximum Gasteiger partial charge on any atom is 0.147 e. The number of benzene rings is 1. The van der Waals surface area contributed by atoms with Gasteiger partial charge in [-0.2, -0.15) is 0 Å². The van der Waals surface area contributed by atoms with E-state index in [0.29, 0.717) is 10.1 Å². The first-order chi connectivity index (χ1) is 6.65. The molecule has 0 bridgehead atoms. The van der Waals surface area contributed by atoms with Gasteiger partial charge >= 0.3 is 0 Å². The minimum atomic E-state index is -0.420. The molecule has 0 aliphatic rings. The first-order valence-electron chi connectivity index (χ1n) is 3.77. The Labute approximate surface area is 96.5 Å². The van der Waals surface area contributed by atoms with Gasteiger partial charge in [0.15, 0.2) is 0 Å². The Morgan fingerprint density at radius 2 is 2.21 bits per heavy atom. The summed E-state index contributed by atoms with van der Waals surface area (Å²) in [4.78, 5) is 0. The van der Waals surface area contributed by atoms with Crippen LogP contribution in [0.15, 0.2) is 28.8 Å². The molecule has 1 aromatic carbocycles. The van der Waals surface area contributed by atoms with Gasteiger partial charge in [-0.25, -0.2) is 4.39 Å². The van der Waals surface area contributed by atoms with E-state index in [4.69, 9.17) is 34.8 Å². The Morgan fingerprint density at radius 3 is 2.79 bits per heavy atom. The monoisotopic (exact) mass is 253 g/mol. The van der Waals surface area contributed by atoms with Crippen molar-refractivity contribution in [2.45, 2.75) is 0 Å². The third-order valence-electron chi connectivity index (χ3n) is 1.52. The summed E-state index contributed by atoms with van der Waals surface area (Å²) >= 11 is 16.7. The fourth-order valence-electron chi connectivity index (χ4n) is 0.878. The van der Waals surface area contributed by atoms with Gasteiger partial charge in [0.1, 0.15) is 5.82 Å². The van der Waals surface area contributed by atoms with Crippen molar-refractivity contribution in [3.05, 3.63) is 39.6 Å². The summed E-state index contributed by atoms with van der Waals surface area (Å²) in [5.74, 6) is -0.420. The van der Waals surface area contributed by atoms with Gasteiger partial charge in [0.2, 0.25) is 0 Å². The molecule has 0 heterocycles. The fourth-order valence-corrected chi connectivity index (χ4v) is 1.25. The highest BCUT2D eigenvalue weighted by atomic mass is 35.5. The molecule has 0 saturated carbocycles. The fraction of sp³-hybridized carbons (Fsp3) is 0.111. The molecule has 0 unspecified atom stereocenters. The SMILES string of the molecule is Fc1cccc(Cl)c1NC/C(Cl)=C/Cl. The van der Waals surface area contributed by atoms with E-state index in [2.05, 4.69) is 5.32 Å². The van der Waals surface area contributed by atoms with Crippen LogP contribution in [0, 0.1) is 5.82 Å². The zero-order chi connectivity index (χ0) is 10.6.